The maximum absolute atomic E-state index is 15.2. The van der Waals surface area contributed by atoms with E-state index in [4.69, 9.17) is 4.74 Å². The van der Waals surface area contributed by atoms with Gasteiger partial charge in [0.2, 0.25) is 5.43 Å². The van der Waals surface area contributed by atoms with E-state index in [0.717, 1.165) is 25.2 Å². The molecule has 0 bridgehead atoms. The maximum Gasteiger partial charge on any atom is 0.341 e. The summed E-state index contributed by atoms with van der Waals surface area (Å²) in [5.41, 5.74) is -0.773. The first-order valence-electron chi connectivity index (χ1n) is 10.3. The zero-order valence-electron chi connectivity index (χ0n) is 16.4. The number of nitrogens with zero attached hydrogens (tertiary/aromatic N) is 2. The second kappa shape index (κ2) is 7.23. The van der Waals surface area contributed by atoms with Crippen LogP contribution in [0.5, 0.6) is 5.75 Å². The molecule has 0 unspecified atom stereocenters. The van der Waals surface area contributed by atoms with Crippen LogP contribution in [0.2, 0.25) is 0 Å². The first-order valence-corrected chi connectivity index (χ1v) is 10.3. The van der Waals surface area contributed by atoms with Crippen LogP contribution in [-0.2, 0) is 0 Å². The molecule has 0 radical (unpaired) electrons. The molecule has 7 nitrogen and oxygen atoms in total. The van der Waals surface area contributed by atoms with Gasteiger partial charge in [0.25, 0.3) is 0 Å². The van der Waals surface area contributed by atoms with Crippen molar-refractivity contribution in [2.45, 2.75) is 31.3 Å². The number of nitrogens with one attached hydrogen (secondary N) is 1. The second-order valence-corrected chi connectivity index (χ2v) is 8.42. The normalized spacial score (nSPS) is 23.1. The van der Waals surface area contributed by atoms with Crippen molar-refractivity contribution < 1.29 is 23.4 Å². The Balaban J connectivity index is 1.60. The molecule has 2 aromatic rings. The molecular formula is C21H23F2N3O4. The van der Waals surface area contributed by atoms with E-state index in [1.165, 1.54) is 17.4 Å². The lowest BCUT2D eigenvalue weighted by Crippen LogP contribution is -2.31. The summed E-state index contributed by atoms with van der Waals surface area (Å²) in [6.07, 6.45) is 4.48. The molecule has 2 atom stereocenters. The molecule has 2 N–H and O–H groups in total. The molecule has 1 aliphatic carbocycles. The Morgan fingerprint density at radius 2 is 2.13 bits per heavy atom. The number of anilines is 1. The quantitative estimate of drug-likeness (QED) is 0.748. The Hall–Kier alpha value is -2.68. The average Bonchev–Trinajstić information content (AvgIpc) is 3.45. The Kier molecular flexibility index (Phi) is 4.65. The van der Waals surface area contributed by atoms with Gasteiger partial charge in [-0.25, -0.2) is 13.6 Å². The molecule has 1 saturated carbocycles. The third-order valence-electron chi connectivity index (χ3n) is 6.29. The average molecular weight is 419 g/mol. The summed E-state index contributed by atoms with van der Waals surface area (Å²) in [6, 6.07) is 0.904. The molecule has 2 fully saturated rings. The Morgan fingerprint density at radius 3 is 2.83 bits per heavy atom. The smallest absolute Gasteiger partial charge is 0.341 e. The monoisotopic (exact) mass is 419 g/mol. The van der Waals surface area contributed by atoms with Gasteiger partial charge < -0.3 is 24.6 Å². The van der Waals surface area contributed by atoms with Gasteiger partial charge in [-0.1, -0.05) is 0 Å². The van der Waals surface area contributed by atoms with Crippen LogP contribution in [0.4, 0.5) is 14.5 Å². The summed E-state index contributed by atoms with van der Waals surface area (Å²) in [5, 5.41) is 12.8. The number of pyridine rings is 1. The third-order valence-corrected chi connectivity index (χ3v) is 6.29. The van der Waals surface area contributed by atoms with E-state index < -0.39 is 35.5 Å². The molecule has 1 aromatic heterocycles. The van der Waals surface area contributed by atoms with Gasteiger partial charge in [0.05, 0.1) is 16.9 Å². The van der Waals surface area contributed by atoms with Crippen molar-refractivity contribution in [3.05, 3.63) is 33.9 Å². The summed E-state index contributed by atoms with van der Waals surface area (Å²) in [6.45, 7) is 1.34. The SMILES string of the molecule is O=C(O)c1cn2c3c(c(N4CC[C@@H](CNC5CC5)C4)c(F)cc3c1=O)OC[C@@H]2CF. The van der Waals surface area contributed by atoms with Crippen LogP contribution in [0.3, 0.4) is 0 Å². The van der Waals surface area contributed by atoms with Crippen LogP contribution in [0.25, 0.3) is 10.9 Å². The number of hydrogen-bond donors (Lipinski definition) is 2. The van der Waals surface area contributed by atoms with Crippen LogP contribution in [-0.4, -0.2) is 54.6 Å². The summed E-state index contributed by atoms with van der Waals surface area (Å²) >= 11 is 0. The number of hydrogen-bond acceptors (Lipinski definition) is 5. The number of aromatic nitrogens is 1. The Bertz CT molecular complexity index is 1080. The van der Waals surface area contributed by atoms with Crippen LogP contribution in [0.1, 0.15) is 35.7 Å². The predicted octanol–water partition coefficient (Wildman–Crippen LogP) is 2.32. The minimum absolute atomic E-state index is 0.0580. The van der Waals surface area contributed by atoms with E-state index in [2.05, 4.69) is 5.32 Å². The molecular weight excluding hydrogens is 396 g/mol. The van der Waals surface area contributed by atoms with Gasteiger partial charge in [-0.3, -0.25) is 4.79 Å². The fourth-order valence-electron chi connectivity index (χ4n) is 4.52. The summed E-state index contributed by atoms with van der Waals surface area (Å²) < 4.78 is 36.0. The van der Waals surface area contributed by atoms with Crippen molar-refractivity contribution in [2.75, 3.05) is 37.8 Å². The second-order valence-electron chi connectivity index (χ2n) is 8.42. The lowest BCUT2D eigenvalue weighted by atomic mass is 10.1. The van der Waals surface area contributed by atoms with Crippen LogP contribution < -0.4 is 20.4 Å². The van der Waals surface area contributed by atoms with E-state index in [0.29, 0.717) is 25.0 Å². The highest BCUT2D eigenvalue weighted by molar-refractivity contribution is 5.97. The van der Waals surface area contributed by atoms with Crippen LogP contribution >= 0.6 is 0 Å². The first kappa shape index (κ1) is 19.3. The van der Waals surface area contributed by atoms with Crippen LogP contribution in [0.15, 0.2) is 17.1 Å². The summed E-state index contributed by atoms with van der Waals surface area (Å²) in [7, 11) is 0. The largest absolute Gasteiger partial charge is 0.487 e. The Morgan fingerprint density at radius 1 is 1.33 bits per heavy atom. The standard InChI is InChI=1S/C21H23F2N3O4/c22-6-13-10-30-20-17-14(19(27)15(21(28)29)9-26(13)17)5-16(23)18(20)25-4-3-11(8-25)7-24-12-1-2-12/h5,9,11-13,24H,1-4,6-8,10H2,(H,28,29)/t11-,13-/m0/s1. The van der Waals surface area contributed by atoms with Crippen molar-refractivity contribution in [1.82, 2.24) is 9.88 Å². The van der Waals surface area contributed by atoms with E-state index in [1.807, 2.05) is 4.90 Å². The molecule has 160 valence electrons. The zero-order valence-corrected chi connectivity index (χ0v) is 16.4. The molecule has 0 amide bonds. The summed E-state index contributed by atoms with van der Waals surface area (Å²) in [5.74, 6) is -1.48. The molecule has 0 spiro atoms. The van der Waals surface area contributed by atoms with E-state index >= 15 is 4.39 Å². The van der Waals surface area contributed by atoms with Gasteiger partial charge >= 0.3 is 5.97 Å². The minimum Gasteiger partial charge on any atom is -0.487 e. The third kappa shape index (κ3) is 3.12. The topological polar surface area (TPSA) is 83.8 Å². The fraction of sp³-hybridized carbons (Fsp3) is 0.524. The number of carboxylic acids is 1. The fourth-order valence-corrected chi connectivity index (χ4v) is 4.52. The number of benzene rings is 1. The number of carboxylic acid groups (broad SMARTS) is 1. The predicted molar refractivity (Wildman–Crippen MR) is 107 cm³/mol. The molecule has 2 aliphatic heterocycles. The van der Waals surface area contributed by atoms with Crippen molar-refractivity contribution in [3.63, 3.8) is 0 Å². The number of aromatic carboxylic acids is 1. The lowest BCUT2D eigenvalue weighted by Gasteiger charge is -2.31. The van der Waals surface area contributed by atoms with Gasteiger partial charge in [-0.2, -0.15) is 0 Å². The van der Waals surface area contributed by atoms with Gasteiger partial charge in [0.1, 0.15) is 24.5 Å². The highest BCUT2D eigenvalue weighted by atomic mass is 19.1. The number of rotatable bonds is 6. The van der Waals surface area contributed by atoms with Crippen molar-refractivity contribution in [1.29, 1.82) is 0 Å². The first-order chi connectivity index (χ1) is 14.5. The highest BCUT2D eigenvalue weighted by Gasteiger charge is 2.34. The van der Waals surface area contributed by atoms with Gasteiger partial charge in [0, 0.05) is 25.3 Å². The Labute approximate surface area is 171 Å². The number of ether oxygens (including phenoxy) is 1. The molecule has 9 heteroatoms. The molecule has 30 heavy (non-hydrogen) atoms. The molecule has 1 aromatic carbocycles. The number of alkyl halides is 1. The maximum atomic E-state index is 15.2. The van der Waals surface area contributed by atoms with Crippen LogP contribution in [0, 0.1) is 11.7 Å². The van der Waals surface area contributed by atoms with Gasteiger partial charge in [0.15, 0.2) is 11.6 Å². The van der Waals surface area contributed by atoms with E-state index in [-0.39, 0.29) is 28.9 Å². The van der Waals surface area contributed by atoms with Gasteiger partial charge in [-0.15, -0.1) is 0 Å². The van der Waals surface area contributed by atoms with Crippen molar-refractivity contribution in [3.8, 4) is 5.75 Å². The van der Waals surface area contributed by atoms with Crippen molar-refractivity contribution >= 4 is 22.6 Å². The number of carbonyl (C=O) groups is 1. The number of halogens is 2. The van der Waals surface area contributed by atoms with Gasteiger partial charge in [-0.05, 0) is 37.8 Å². The zero-order chi connectivity index (χ0) is 21.0. The molecule has 1 saturated heterocycles. The highest BCUT2D eigenvalue weighted by Crippen LogP contribution is 2.43. The minimum atomic E-state index is -1.42. The molecule has 3 aliphatic rings. The molecule has 3 heterocycles. The lowest BCUT2D eigenvalue weighted by molar-refractivity contribution is 0.0694. The summed E-state index contributed by atoms with van der Waals surface area (Å²) in [4.78, 5) is 26.1. The van der Waals surface area contributed by atoms with Crippen molar-refractivity contribution in [2.24, 2.45) is 5.92 Å². The molecule has 5 rings (SSSR count). The van der Waals surface area contributed by atoms with E-state index in [9.17, 15) is 19.1 Å². The van der Waals surface area contributed by atoms with E-state index in [1.54, 1.807) is 0 Å².